The molecule has 0 atom stereocenters. The van der Waals surface area contributed by atoms with Gasteiger partial charge in [-0.15, -0.1) is 11.3 Å². The lowest BCUT2D eigenvalue weighted by Gasteiger charge is -2.00. The van der Waals surface area contributed by atoms with E-state index in [1.807, 2.05) is 18.2 Å². The van der Waals surface area contributed by atoms with Gasteiger partial charge in [-0.05, 0) is 25.5 Å². The molecule has 0 spiro atoms. The van der Waals surface area contributed by atoms with Gasteiger partial charge in [0.05, 0.1) is 0 Å². The first-order valence-corrected chi connectivity index (χ1v) is 6.01. The van der Waals surface area contributed by atoms with E-state index in [-0.39, 0.29) is 5.56 Å². The second-order valence-electron chi connectivity index (χ2n) is 3.99. The Morgan fingerprint density at radius 2 is 1.94 bits per heavy atom. The van der Waals surface area contributed by atoms with Crippen LogP contribution in [0.15, 0.2) is 29.1 Å². The predicted octanol–water partition coefficient (Wildman–Crippen LogP) is 3.36. The quantitative estimate of drug-likeness (QED) is 0.630. The summed E-state index contributed by atoms with van der Waals surface area (Å²) in [6, 6.07) is 7.96. The third kappa shape index (κ3) is 1.15. The number of aromatic nitrogens is 1. The van der Waals surface area contributed by atoms with Crippen molar-refractivity contribution in [2.24, 2.45) is 0 Å². The molecule has 0 unspecified atom stereocenters. The molecule has 3 aromatic rings. The summed E-state index contributed by atoms with van der Waals surface area (Å²) in [5.74, 6) is 0. The Labute approximate surface area is 96.5 Å². The van der Waals surface area contributed by atoms with Crippen molar-refractivity contribution in [3.8, 4) is 0 Å². The zero-order valence-electron chi connectivity index (χ0n) is 9.13. The number of pyridine rings is 1. The Hall–Kier alpha value is -1.61. The summed E-state index contributed by atoms with van der Waals surface area (Å²) in [4.78, 5) is 16.1. The average Bonchev–Trinajstić information content (AvgIpc) is 2.57. The van der Waals surface area contributed by atoms with E-state index in [2.05, 4.69) is 24.9 Å². The van der Waals surface area contributed by atoms with E-state index in [0.717, 1.165) is 21.0 Å². The highest BCUT2D eigenvalue weighted by molar-refractivity contribution is 7.19. The molecule has 2 aromatic heterocycles. The van der Waals surface area contributed by atoms with Gasteiger partial charge >= 0.3 is 0 Å². The summed E-state index contributed by atoms with van der Waals surface area (Å²) >= 11 is 1.58. The monoisotopic (exact) mass is 229 g/mol. The Bertz CT molecular complexity index is 752. The topological polar surface area (TPSA) is 32.9 Å². The van der Waals surface area contributed by atoms with Crippen molar-refractivity contribution in [1.82, 2.24) is 4.98 Å². The number of thiophene rings is 1. The molecule has 2 heterocycles. The lowest BCUT2D eigenvalue weighted by molar-refractivity contribution is 1.35. The Balaban J connectivity index is 2.73. The minimum Gasteiger partial charge on any atom is -0.321 e. The van der Waals surface area contributed by atoms with Gasteiger partial charge in [0.25, 0.3) is 5.56 Å². The molecular weight excluding hydrogens is 218 g/mol. The number of aryl methyl sites for hydroxylation is 2. The third-order valence-corrected chi connectivity index (χ3v) is 4.24. The van der Waals surface area contributed by atoms with Gasteiger partial charge in [-0.3, -0.25) is 4.79 Å². The zero-order chi connectivity index (χ0) is 11.3. The largest absolute Gasteiger partial charge is 0.321 e. The molecule has 1 N–H and O–H groups in total. The number of nitrogens with one attached hydrogen (secondary N) is 1. The normalized spacial score (nSPS) is 11.4. The molecule has 0 amide bonds. The number of H-pyrrole nitrogens is 1. The highest BCUT2D eigenvalue weighted by atomic mass is 32.1. The number of para-hydroxylation sites is 1. The van der Waals surface area contributed by atoms with E-state index >= 15 is 0 Å². The van der Waals surface area contributed by atoms with Crippen LogP contribution in [0.1, 0.15) is 10.4 Å². The molecule has 0 fully saturated rings. The molecule has 3 rings (SSSR count). The first-order valence-electron chi connectivity index (χ1n) is 5.19. The van der Waals surface area contributed by atoms with Crippen LogP contribution >= 0.6 is 11.3 Å². The van der Waals surface area contributed by atoms with Crippen LogP contribution in [0, 0.1) is 13.8 Å². The van der Waals surface area contributed by atoms with Gasteiger partial charge in [0.15, 0.2) is 0 Å². The number of rotatable bonds is 0. The first kappa shape index (κ1) is 9.60. The van der Waals surface area contributed by atoms with E-state index in [0.29, 0.717) is 0 Å². The molecule has 0 saturated heterocycles. The van der Waals surface area contributed by atoms with E-state index in [4.69, 9.17) is 0 Å². The lowest BCUT2D eigenvalue weighted by atomic mass is 10.1. The summed E-state index contributed by atoms with van der Waals surface area (Å²) in [6.07, 6.45) is 0. The Morgan fingerprint density at radius 1 is 1.19 bits per heavy atom. The first-order chi connectivity index (χ1) is 7.68. The van der Waals surface area contributed by atoms with Gasteiger partial charge in [0, 0.05) is 21.2 Å². The van der Waals surface area contributed by atoms with Crippen molar-refractivity contribution >= 4 is 32.3 Å². The van der Waals surface area contributed by atoms with Crippen molar-refractivity contribution in [3.63, 3.8) is 0 Å². The third-order valence-electron chi connectivity index (χ3n) is 3.04. The van der Waals surface area contributed by atoms with Crippen LogP contribution in [0.25, 0.3) is 21.0 Å². The number of benzene rings is 1. The molecule has 80 valence electrons. The molecule has 0 aliphatic heterocycles. The second kappa shape index (κ2) is 3.19. The highest BCUT2D eigenvalue weighted by Gasteiger charge is 2.11. The molecule has 16 heavy (non-hydrogen) atoms. The smallest absolute Gasteiger partial charge is 0.266 e. The van der Waals surface area contributed by atoms with Gasteiger partial charge in [0.1, 0.15) is 4.70 Å². The highest BCUT2D eigenvalue weighted by Crippen LogP contribution is 2.32. The number of hydrogen-bond donors (Lipinski definition) is 1. The van der Waals surface area contributed by atoms with Crippen molar-refractivity contribution in [1.29, 1.82) is 0 Å². The maximum absolute atomic E-state index is 11.9. The lowest BCUT2D eigenvalue weighted by Crippen LogP contribution is -2.04. The predicted molar refractivity (Wildman–Crippen MR) is 69.4 cm³/mol. The van der Waals surface area contributed by atoms with Crippen molar-refractivity contribution < 1.29 is 0 Å². The summed E-state index contributed by atoms with van der Waals surface area (Å²) in [5, 5.41) is 2.25. The SMILES string of the molecule is Cc1sc2c(=O)[nH]c3ccccc3c2c1C. The second-order valence-corrected chi connectivity index (χ2v) is 5.21. The molecule has 0 bridgehead atoms. The van der Waals surface area contributed by atoms with Crippen molar-refractivity contribution in [2.45, 2.75) is 13.8 Å². The zero-order valence-corrected chi connectivity index (χ0v) is 9.94. The van der Waals surface area contributed by atoms with Crippen LogP contribution in [0.3, 0.4) is 0 Å². The fraction of sp³-hybridized carbons (Fsp3) is 0.154. The fourth-order valence-corrected chi connectivity index (χ4v) is 3.17. The van der Waals surface area contributed by atoms with Crippen LogP contribution in [-0.4, -0.2) is 4.98 Å². The van der Waals surface area contributed by atoms with E-state index in [1.54, 1.807) is 11.3 Å². The van der Waals surface area contributed by atoms with Gasteiger partial charge in [-0.1, -0.05) is 18.2 Å². The van der Waals surface area contributed by atoms with Crippen LogP contribution in [0.4, 0.5) is 0 Å². The van der Waals surface area contributed by atoms with Crippen molar-refractivity contribution in [3.05, 3.63) is 45.1 Å². The molecule has 0 aliphatic rings. The average molecular weight is 229 g/mol. The minimum atomic E-state index is 0.0231. The molecule has 0 radical (unpaired) electrons. The van der Waals surface area contributed by atoms with Gasteiger partial charge in [0.2, 0.25) is 0 Å². The summed E-state index contributed by atoms with van der Waals surface area (Å²) in [7, 11) is 0. The fourth-order valence-electron chi connectivity index (χ4n) is 2.10. The number of aromatic amines is 1. The van der Waals surface area contributed by atoms with Crippen LogP contribution in [0.2, 0.25) is 0 Å². The molecule has 3 heteroatoms. The van der Waals surface area contributed by atoms with E-state index < -0.39 is 0 Å². The maximum Gasteiger partial charge on any atom is 0.266 e. The summed E-state index contributed by atoms with van der Waals surface area (Å²) in [6.45, 7) is 4.15. The Morgan fingerprint density at radius 3 is 2.75 bits per heavy atom. The van der Waals surface area contributed by atoms with Crippen LogP contribution in [-0.2, 0) is 0 Å². The molecule has 0 saturated carbocycles. The number of fused-ring (bicyclic) bond motifs is 3. The molecule has 0 aliphatic carbocycles. The van der Waals surface area contributed by atoms with E-state index in [9.17, 15) is 4.79 Å². The van der Waals surface area contributed by atoms with E-state index in [1.165, 1.54) is 10.4 Å². The molecule has 2 nitrogen and oxygen atoms in total. The Kier molecular flexibility index (Phi) is 1.91. The van der Waals surface area contributed by atoms with Crippen LogP contribution in [0.5, 0.6) is 0 Å². The van der Waals surface area contributed by atoms with Crippen molar-refractivity contribution in [2.75, 3.05) is 0 Å². The summed E-state index contributed by atoms with van der Waals surface area (Å²) in [5.41, 5.74) is 2.16. The summed E-state index contributed by atoms with van der Waals surface area (Å²) < 4.78 is 0.841. The minimum absolute atomic E-state index is 0.0231. The standard InChI is InChI=1S/C13H11NOS/c1-7-8(2)16-12-11(7)9-5-3-4-6-10(9)14-13(12)15/h3-6H,1-2H3,(H,14,15). The van der Waals surface area contributed by atoms with Gasteiger partial charge < -0.3 is 4.98 Å². The van der Waals surface area contributed by atoms with Crippen LogP contribution < -0.4 is 5.56 Å². The van der Waals surface area contributed by atoms with Gasteiger partial charge in [-0.25, -0.2) is 0 Å². The number of hydrogen-bond acceptors (Lipinski definition) is 2. The molecule has 1 aromatic carbocycles. The molecular formula is C13H11NOS. The van der Waals surface area contributed by atoms with Gasteiger partial charge in [-0.2, -0.15) is 0 Å². The maximum atomic E-state index is 11.9.